The highest BCUT2D eigenvalue weighted by Gasteiger charge is 1.93. The normalized spacial score (nSPS) is 8.93. The number of carbonyl (C=O) groups is 1. The van der Waals surface area contributed by atoms with Gasteiger partial charge in [-0.25, -0.2) is 0 Å². The van der Waals surface area contributed by atoms with Crippen molar-refractivity contribution in [3.63, 3.8) is 0 Å². The summed E-state index contributed by atoms with van der Waals surface area (Å²) in [5.41, 5.74) is 1.79. The molecule has 2 nitrogen and oxygen atoms in total. The molecule has 0 fully saturated rings. The fourth-order valence-corrected chi connectivity index (χ4v) is 1.13. The average molecular weight is 201 g/mol. The molecule has 1 aromatic carbocycles. The van der Waals surface area contributed by atoms with E-state index < -0.39 is 0 Å². The summed E-state index contributed by atoms with van der Waals surface area (Å²) in [6.45, 7) is 3.60. The van der Waals surface area contributed by atoms with Crippen molar-refractivity contribution in [1.82, 2.24) is 0 Å². The van der Waals surface area contributed by atoms with Gasteiger partial charge in [0.15, 0.2) is 0 Å². The van der Waals surface area contributed by atoms with Gasteiger partial charge in [0.05, 0.1) is 0 Å². The van der Waals surface area contributed by atoms with E-state index in [1.807, 2.05) is 24.3 Å². The standard InChI is InChI=1S/C13H15NO/c1-3-4-5-6-12-7-9-13(10-8-12)14-11(2)15/h7-10H,3-4H2,1-2H3,(H,14,15). The summed E-state index contributed by atoms with van der Waals surface area (Å²) in [5.74, 6) is 6.08. The Kier molecular flexibility index (Phi) is 4.43. The van der Waals surface area contributed by atoms with Gasteiger partial charge >= 0.3 is 0 Å². The van der Waals surface area contributed by atoms with Crippen molar-refractivity contribution < 1.29 is 4.79 Å². The van der Waals surface area contributed by atoms with E-state index in [1.54, 1.807) is 0 Å². The van der Waals surface area contributed by atoms with Crippen LogP contribution >= 0.6 is 0 Å². The van der Waals surface area contributed by atoms with Crippen molar-refractivity contribution in [1.29, 1.82) is 0 Å². The zero-order valence-corrected chi connectivity index (χ0v) is 9.13. The van der Waals surface area contributed by atoms with Crippen LogP contribution < -0.4 is 5.32 Å². The zero-order chi connectivity index (χ0) is 11.1. The Balaban J connectivity index is 2.65. The third-order valence-corrected chi connectivity index (χ3v) is 1.81. The lowest BCUT2D eigenvalue weighted by Gasteiger charge is -2.00. The second kappa shape index (κ2) is 5.87. The van der Waals surface area contributed by atoms with E-state index in [0.29, 0.717) is 0 Å². The van der Waals surface area contributed by atoms with Gasteiger partial charge in [0.2, 0.25) is 5.91 Å². The maximum absolute atomic E-state index is 10.8. The summed E-state index contributed by atoms with van der Waals surface area (Å²) in [7, 11) is 0. The molecular formula is C13H15NO. The van der Waals surface area contributed by atoms with Crippen LogP contribution in [0.15, 0.2) is 24.3 Å². The predicted molar refractivity (Wildman–Crippen MR) is 62.5 cm³/mol. The number of hydrogen-bond acceptors (Lipinski definition) is 1. The lowest BCUT2D eigenvalue weighted by Crippen LogP contribution is -2.05. The predicted octanol–water partition coefficient (Wildman–Crippen LogP) is 2.80. The van der Waals surface area contributed by atoms with Gasteiger partial charge in [-0.3, -0.25) is 4.79 Å². The first-order valence-corrected chi connectivity index (χ1v) is 5.09. The quantitative estimate of drug-likeness (QED) is 0.732. The molecule has 1 rings (SSSR count). The van der Waals surface area contributed by atoms with Gasteiger partial charge in [0.1, 0.15) is 0 Å². The number of unbranched alkanes of at least 4 members (excludes halogenated alkanes) is 1. The zero-order valence-electron chi connectivity index (χ0n) is 9.13. The number of hydrogen-bond donors (Lipinski definition) is 1. The molecule has 1 aromatic rings. The molecule has 0 heterocycles. The molecule has 0 aromatic heterocycles. The molecule has 0 aliphatic carbocycles. The number of anilines is 1. The maximum atomic E-state index is 10.8. The Bertz CT molecular complexity index is 381. The molecule has 2 heteroatoms. The summed E-state index contributed by atoms with van der Waals surface area (Å²) in [6.07, 6.45) is 2.00. The smallest absolute Gasteiger partial charge is 0.221 e. The molecule has 0 bridgehead atoms. The highest BCUT2D eigenvalue weighted by Crippen LogP contribution is 2.08. The first kappa shape index (κ1) is 11.3. The van der Waals surface area contributed by atoms with Crippen LogP contribution in [0.25, 0.3) is 0 Å². The molecule has 0 aliphatic rings. The Hall–Kier alpha value is -1.75. The van der Waals surface area contributed by atoms with E-state index in [-0.39, 0.29) is 5.91 Å². The summed E-state index contributed by atoms with van der Waals surface area (Å²) >= 11 is 0. The van der Waals surface area contributed by atoms with Crippen LogP contribution in [-0.2, 0) is 4.79 Å². The minimum Gasteiger partial charge on any atom is -0.326 e. The highest BCUT2D eigenvalue weighted by atomic mass is 16.1. The van der Waals surface area contributed by atoms with Crippen LogP contribution in [0.2, 0.25) is 0 Å². The summed E-state index contributed by atoms with van der Waals surface area (Å²) in [5, 5.41) is 2.71. The van der Waals surface area contributed by atoms with Crippen LogP contribution in [0.5, 0.6) is 0 Å². The number of nitrogens with one attached hydrogen (secondary N) is 1. The third-order valence-electron chi connectivity index (χ3n) is 1.81. The molecule has 0 spiro atoms. The van der Waals surface area contributed by atoms with Crippen LogP contribution in [0.4, 0.5) is 5.69 Å². The molecular weight excluding hydrogens is 186 g/mol. The van der Waals surface area contributed by atoms with Gasteiger partial charge in [-0.1, -0.05) is 18.8 Å². The topological polar surface area (TPSA) is 29.1 Å². The van der Waals surface area contributed by atoms with E-state index in [1.165, 1.54) is 6.92 Å². The molecule has 0 unspecified atom stereocenters. The van der Waals surface area contributed by atoms with Gasteiger partial charge in [0.25, 0.3) is 0 Å². The van der Waals surface area contributed by atoms with Crippen LogP contribution in [0.3, 0.4) is 0 Å². The molecule has 0 radical (unpaired) electrons. The maximum Gasteiger partial charge on any atom is 0.221 e. The Morgan fingerprint density at radius 3 is 2.53 bits per heavy atom. The van der Waals surface area contributed by atoms with Crippen LogP contribution in [0.1, 0.15) is 32.3 Å². The van der Waals surface area contributed by atoms with Gasteiger partial charge in [0, 0.05) is 24.6 Å². The Morgan fingerprint density at radius 2 is 2.00 bits per heavy atom. The molecule has 0 atom stereocenters. The SMILES string of the molecule is CCCC#Cc1ccc(NC(C)=O)cc1. The monoisotopic (exact) mass is 201 g/mol. The first-order valence-electron chi connectivity index (χ1n) is 5.09. The second-order valence-electron chi connectivity index (χ2n) is 3.31. The van der Waals surface area contributed by atoms with E-state index in [2.05, 4.69) is 24.1 Å². The van der Waals surface area contributed by atoms with Crippen molar-refractivity contribution in [3.8, 4) is 11.8 Å². The first-order chi connectivity index (χ1) is 7.22. The molecule has 1 N–H and O–H groups in total. The molecule has 1 amide bonds. The van der Waals surface area contributed by atoms with Crippen molar-refractivity contribution in [3.05, 3.63) is 29.8 Å². The van der Waals surface area contributed by atoms with Crippen LogP contribution in [-0.4, -0.2) is 5.91 Å². The summed E-state index contributed by atoms with van der Waals surface area (Å²) in [4.78, 5) is 10.8. The number of amides is 1. The highest BCUT2D eigenvalue weighted by molar-refractivity contribution is 5.88. The largest absolute Gasteiger partial charge is 0.326 e. The van der Waals surface area contributed by atoms with Gasteiger partial charge in [-0.2, -0.15) is 0 Å². The van der Waals surface area contributed by atoms with Gasteiger partial charge in [-0.15, -0.1) is 0 Å². The summed E-state index contributed by atoms with van der Waals surface area (Å²) in [6, 6.07) is 7.54. The summed E-state index contributed by atoms with van der Waals surface area (Å²) < 4.78 is 0. The average Bonchev–Trinajstić information content (AvgIpc) is 2.20. The number of benzene rings is 1. The Morgan fingerprint density at radius 1 is 1.33 bits per heavy atom. The third kappa shape index (κ3) is 4.33. The lowest BCUT2D eigenvalue weighted by atomic mass is 10.2. The molecule has 0 aliphatic heterocycles. The molecule has 0 saturated carbocycles. The minimum atomic E-state index is -0.0557. The Labute approximate surface area is 90.7 Å². The van der Waals surface area contributed by atoms with Gasteiger partial charge in [-0.05, 0) is 30.7 Å². The molecule has 0 saturated heterocycles. The minimum absolute atomic E-state index is 0.0557. The number of carbonyl (C=O) groups excluding carboxylic acids is 1. The fourth-order valence-electron chi connectivity index (χ4n) is 1.13. The van der Waals surface area contributed by atoms with Crippen LogP contribution in [0, 0.1) is 11.8 Å². The van der Waals surface area contributed by atoms with Crippen molar-refractivity contribution in [2.75, 3.05) is 5.32 Å². The van der Waals surface area contributed by atoms with E-state index in [0.717, 1.165) is 24.1 Å². The second-order valence-corrected chi connectivity index (χ2v) is 3.31. The van der Waals surface area contributed by atoms with Gasteiger partial charge < -0.3 is 5.32 Å². The fraction of sp³-hybridized carbons (Fsp3) is 0.308. The van der Waals surface area contributed by atoms with Crippen molar-refractivity contribution >= 4 is 11.6 Å². The van der Waals surface area contributed by atoms with Crippen molar-refractivity contribution in [2.24, 2.45) is 0 Å². The van der Waals surface area contributed by atoms with E-state index in [4.69, 9.17) is 0 Å². The number of rotatable bonds is 2. The van der Waals surface area contributed by atoms with E-state index >= 15 is 0 Å². The molecule has 15 heavy (non-hydrogen) atoms. The van der Waals surface area contributed by atoms with E-state index in [9.17, 15) is 4.79 Å². The molecule has 78 valence electrons. The lowest BCUT2D eigenvalue weighted by molar-refractivity contribution is -0.114. The van der Waals surface area contributed by atoms with Crippen molar-refractivity contribution in [2.45, 2.75) is 26.7 Å².